The molecule has 1 N–H and O–H groups in total. The highest BCUT2D eigenvalue weighted by molar-refractivity contribution is 5.56. The molecule has 1 aliphatic rings. The van der Waals surface area contributed by atoms with E-state index in [-0.39, 0.29) is 10.6 Å². The van der Waals surface area contributed by atoms with Crippen molar-refractivity contribution in [2.24, 2.45) is 5.92 Å². The van der Waals surface area contributed by atoms with Gasteiger partial charge in [-0.1, -0.05) is 12.8 Å². The lowest BCUT2D eigenvalue weighted by Gasteiger charge is -2.05. The summed E-state index contributed by atoms with van der Waals surface area (Å²) in [6, 6.07) is 1.55. The molecule has 0 aromatic carbocycles. The normalized spacial score (nSPS) is 14.8. The highest BCUT2D eigenvalue weighted by atomic mass is 16.6. The van der Waals surface area contributed by atoms with E-state index in [2.05, 4.69) is 10.3 Å². The van der Waals surface area contributed by atoms with Gasteiger partial charge in [0.15, 0.2) is 0 Å². The summed E-state index contributed by atoms with van der Waals surface area (Å²) in [7, 11) is 0. The van der Waals surface area contributed by atoms with Gasteiger partial charge in [-0.3, -0.25) is 10.1 Å². The molecule has 1 saturated carbocycles. The second-order valence-electron chi connectivity index (χ2n) is 4.30. The van der Waals surface area contributed by atoms with Crippen molar-refractivity contribution in [2.45, 2.75) is 26.2 Å². The van der Waals surface area contributed by atoms with Crippen LogP contribution < -0.4 is 5.32 Å². The topological polar surface area (TPSA) is 68.1 Å². The zero-order chi connectivity index (χ0) is 11.5. The Bertz CT molecular complexity index is 402. The quantitative estimate of drug-likeness (QED) is 0.612. The molecule has 0 bridgehead atoms. The van der Waals surface area contributed by atoms with Crippen molar-refractivity contribution in [3.8, 4) is 0 Å². The highest BCUT2D eigenvalue weighted by Crippen LogP contribution is 2.32. The van der Waals surface area contributed by atoms with E-state index in [1.807, 2.05) is 0 Å². The second kappa shape index (κ2) is 4.47. The standard InChI is InChI=1S/C11H15N3O2/c1-8-6-10(14(15)16)11(13-7-8)12-5-4-9-2-3-9/h6-7,9H,2-5H2,1H3,(H,12,13). The van der Waals surface area contributed by atoms with Crippen LogP contribution in [-0.4, -0.2) is 16.5 Å². The van der Waals surface area contributed by atoms with Crippen LogP contribution in [0, 0.1) is 23.0 Å². The van der Waals surface area contributed by atoms with Gasteiger partial charge >= 0.3 is 5.69 Å². The summed E-state index contributed by atoms with van der Waals surface area (Å²) in [5, 5.41) is 13.8. The summed E-state index contributed by atoms with van der Waals surface area (Å²) < 4.78 is 0. The van der Waals surface area contributed by atoms with E-state index >= 15 is 0 Å². The number of nitrogens with one attached hydrogen (secondary N) is 1. The van der Waals surface area contributed by atoms with Gasteiger partial charge in [0.2, 0.25) is 5.82 Å². The predicted molar refractivity (Wildman–Crippen MR) is 61.5 cm³/mol. The van der Waals surface area contributed by atoms with E-state index < -0.39 is 0 Å². The highest BCUT2D eigenvalue weighted by Gasteiger charge is 2.21. The number of nitro groups is 1. The van der Waals surface area contributed by atoms with Crippen LogP contribution >= 0.6 is 0 Å². The van der Waals surface area contributed by atoms with Crippen LogP contribution in [0.1, 0.15) is 24.8 Å². The zero-order valence-electron chi connectivity index (χ0n) is 9.27. The second-order valence-corrected chi connectivity index (χ2v) is 4.30. The Kier molecular flexibility index (Phi) is 3.03. The van der Waals surface area contributed by atoms with Crippen LogP contribution in [0.5, 0.6) is 0 Å². The van der Waals surface area contributed by atoms with Gasteiger partial charge < -0.3 is 5.32 Å². The van der Waals surface area contributed by atoms with Crippen molar-refractivity contribution in [1.29, 1.82) is 0 Å². The fraction of sp³-hybridized carbons (Fsp3) is 0.545. The van der Waals surface area contributed by atoms with Gasteiger partial charge in [-0.25, -0.2) is 4.98 Å². The Morgan fingerprint density at radius 1 is 1.62 bits per heavy atom. The van der Waals surface area contributed by atoms with Gasteiger partial charge in [0.05, 0.1) is 4.92 Å². The fourth-order valence-corrected chi connectivity index (χ4v) is 1.63. The minimum absolute atomic E-state index is 0.0656. The molecule has 2 rings (SSSR count). The van der Waals surface area contributed by atoms with Gasteiger partial charge in [0.1, 0.15) is 0 Å². The Labute approximate surface area is 94.0 Å². The molecule has 1 aromatic heterocycles. The van der Waals surface area contributed by atoms with Crippen molar-refractivity contribution in [2.75, 3.05) is 11.9 Å². The molecule has 1 aromatic rings. The van der Waals surface area contributed by atoms with E-state index in [9.17, 15) is 10.1 Å². The van der Waals surface area contributed by atoms with Crippen LogP contribution in [0.3, 0.4) is 0 Å². The van der Waals surface area contributed by atoms with Crippen LogP contribution in [0.4, 0.5) is 11.5 Å². The smallest absolute Gasteiger partial charge is 0.311 e. The number of hydrogen-bond donors (Lipinski definition) is 1. The van der Waals surface area contributed by atoms with E-state index in [0.717, 1.165) is 24.4 Å². The minimum atomic E-state index is -0.389. The van der Waals surface area contributed by atoms with Crippen molar-refractivity contribution in [3.63, 3.8) is 0 Å². The van der Waals surface area contributed by atoms with Crippen molar-refractivity contribution in [3.05, 3.63) is 27.9 Å². The van der Waals surface area contributed by atoms with Crippen LogP contribution in [0.25, 0.3) is 0 Å². The molecule has 5 heteroatoms. The van der Waals surface area contributed by atoms with Gasteiger partial charge in [-0.15, -0.1) is 0 Å². The third-order valence-corrected chi connectivity index (χ3v) is 2.74. The maximum absolute atomic E-state index is 10.8. The maximum Gasteiger partial charge on any atom is 0.311 e. The largest absolute Gasteiger partial charge is 0.364 e. The Morgan fingerprint density at radius 2 is 2.38 bits per heavy atom. The summed E-state index contributed by atoms with van der Waals surface area (Å²) in [4.78, 5) is 14.5. The van der Waals surface area contributed by atoms with E-state index in [1.165, 1.54) is 12.8 Å². The summed E-state index contributed by atoms with van der Waals surface area (Å²) in [6.07, 6.45) is 5.31. The lowest BCUT2D eigenvalue weighted by Crippen LogP contribution is -2.07. The fourth-order valence-electron chi connectivity index (χ4n) is 1.63. The predicted octanol–water partition coefficient (Wildman–Crippen LogP) is 2.51. The summed E-state index contributed by atoms with van der Waals surface area (Å²) >= 11 is 0. The molecule has 0 atom stereocenters. The maximum atomic E-state index is 10.8. The number of aryl methyl sites for hydroxylation is 1. The summed E-state index contributed by atoms with van der Waals surface area (Å²) in [5.41, 5.74) is 0.871. The van der Waals surface area contributed by atoms with Gasteiger partial charge in [-0.05, 0) is 24.8 Å². The molecule has 0 unspecified atom stereocenters. The molecule has 86 valence electrons. The summed E-state index contributed by atoms with van der Waals surface area (Å²) in [6.45, 7) is 2.57. The molecule has 0 saturated heterocycles. The van der Waals surface area contributed by atoms with Gasteiger partial charge in [-0.2, -0.15) is 0 Å². The molecule has 0 spiro atoms. The van der Waals surface area contributed by atoms with E-state index in [4.69, 9.17) is 0 Å². The first-order valence-corrected chi connectivity index (χ1v) is 5.51. The molecular formula is C11H15N3O2. The van der Waals surface area contributed by atoms with Crippen LogP contribution in [0.2, 0.25) is 0 Å². The number of pyridine rings is 1. The molecule has 16 heavy (non-hydrogen) atoms. The molecule has 0 aliphatic heterocycles. The first kappa shape index (κ1) is 10.9. The van der Waals surface area contributed by atoms with Crippen LogP contribution in [0.15, 0.2) is 12.3 Å². The Hall–Kier alpha value is -1.65. The lowest BCUT2D eigenvalue weighted by molar-refractivity contribution is -0.384. The van der Waals surface area contributed by atoms with Crippen molar-refractivity contribution < 1.29 is 4.92 Å². The monoisotopic (exact) mass is 221 g/mol. The lowest BCUT2D eigenvalue weighted by atomic mass is 10.2. The Morgan fingerprint density at radius 3 is 3.00 bits per heavy atom. The molecule has 1 aliphatic carbocycles. The number of rotatable bonds is 5. The molecule has 1 fully saturated rings. The number of aromatic nitrogens is 1. The third kappa shape index (κ3) is 2.68. The SMILES string of the molecule is Cc1cnc(NCCC2CC2)c([N+](=O)[O-])c1. The third-order valence-electron chi connectivity index (χ3n) is 2.74. The molecule has 0 radical (unpaired) electrons. The molecule has 0 amide bonds. The van der Waals surface area contributed by atoms with Gasteiger partial charge in [0, 0.05) is 18.8 Å². The van der Waals surface area contributed by atoms with Crippen molar-refractivity contribution in [1.82, 2.24) is 4.98 Å². The minimum Gasteiger partial charge on any atom is -0.364 e. The van der Waals surface area contributed by atoms with Crippen molar-refractivity contribution >= 4 is 11.5 Å². The zero-order valence-corrected chi connectivity index (χ0v) is 9.27. The molecule has 5 nitrogen and oxygen atoms in total. The summed E-state index contributed by atoms with van der Waals surface area (Å²) in [5.74, 6) is 1.20. The first-order valence-electron chi connectivity index (χ1n) is 5.51. The average molecular weight is 221 g/mol. The number of nitrogens with zero attached hydrogens (tertiary/aromatic N) is 2. The van der Waals surface area contributed by atoms with E-state index in [0.29, 0.717) is 5.82 Å². The average Bonchev–Trinajstić information content (AvgIpc) is 3.04. The number of anilines is 1. The number of hydrogen-bond acceptors (Lipinski definition) is 4. The van der Waals surface area contributed by atoms with E-state index in [1.54, 1.807) is 19.2 Å². The first-order chi connectivity index (χ1) is 7.66. The Balaban J connectivity index is 2.02. The molecular weight excluding hydrogens is 206 g/mol. The van der Waals surface area contributed by atoms with Crippen LogP contribution in [-0.2, 0) is 0 Å². The molecule has 1 heterocycles. The van der Waals surface area contributed by atoms with Gasteiger partial charge in [0.25, 0.3) is 0 Å².